The fourth-order valence-corrected chi connectivity index (χ4v) is 2.38. The van der Waals surface area contributed by atoms with Crippen LogP contribution in [0, 0.1) is 0 Å². The molecule has 2 N–H and O–H groups in total. The van der Waals surface area contributed by atoms with E-state index in [4.69, 9.17) is 19.9 Å². The molecule has 0 bridgehead atoms. The lowest BCUT2D eigenvalue weighted by atomic mass is 10.2. The Balaban J connectivity index is 2.21. The summed E-state index contributed by atoms with van der Waals surface area (Å²) in [6.07, 6.45) is 0. The average molecular weight is 352 g/mol. The predicted octanol–water partition coefficient (Wildman–Crippen LogP) is 3.50. The molecule has 0 aliphatic rings. The van der Waals surface area contributed by atoms with Crippen molar-refractivity contribution in [1.29, 1.82) is 0 Å². The number of nitrogens with two attached hydrogens (primary N) is 1. The first-order valence-electron chi connectivity index (χ1n) is 6.50. The maximum absolute atomic E-state index is 5.87. The van der Waals surface area contributed by atoms with E-state index in [1.807, 2.05) is 36.4 Å². The lowest BCUT2D eigenvalue weighted by Gasteiger charge is -2.14. The van der Waals surface area contributed by atoms with E-state index >= 15 is 0 Å². The minimum absolute atomic E-state index is 0.382. The maximum atomic E-state index is 5.87. The third-order valence-corrected chi connectivity index (χ3v) is 3.58. The summed E-state index contributed by atoms with van der Waals surface area (Å²) >= 11 is 3.45. The Bertz CT molecular complexity index is 616. The first-order chi connectivity index (χ1) is 10.2. The Morgan fingerprint density at radius 3 is 2.33 bits per heavy atom. The van der Waals surface area contributed by atoms with Crippen LogP contribution in [0.15, 0.2) is 40.9 Å². The molecule has 4 nitrogen and oxygen atoms in total. The zero-order valence-corrected chi connectivity index (χ0v) is 13.6. The Hall–Kier alpha value is -1.72. The van der Waals surface area contributed by atoms with Crippen LogP contribution in [0.2, 0.25) is 0 Å². The molecule has 0 atom stereocenters. The van der Waals surface area contributed by atoms with Crippen molar-refractivity contribution in [3.05, 3.63) is 52.0 Å². The number of methoxy groups -OCH3 is 2. The van der Waals surface area contributed by atoms with Crippen LogP contribution in [0.4, 0.5) is 0 Å². The number of hydrogen-bond donors (Lipinski definition) is 1. The van der Waals surface area contributed by atoms with E-state index in [9.17, 15) is 0 Å². The minimum atomic E-state index is 0.382. The standard InChI is InChI=1S/C16H18BrNO3/c1-19-14-6-4-13(17)8-12(14)10-21-16-7-11(9-18)3-5-15(16)20-2/h3-8H,9-10,18H2,1-2H3. The van der Waals surface area contributed by atoms with Crippen LogP contribution in [0.5, 0.6) is 17.2 Å². The lowest BCUT2D eigenvalue weighted by molar-refractivity contribution is 0.277. The molecule has 0 fully saturated rings. The SMILES string of the molecule is COc1ccc(Br)cc1COc1cc(CN)ccc1OC. The van der Waals surface area contributed by atoms with E-state index in [1.54, 1.807) is 14.2 Å². The van der Waals surface area contributed by atoms with Gasteiger partial charge in [-0.25, -0.2) is 0 Å². The molecular weight excluding hydrogens is 334 g/mol. The Kier molecular flexibility index (Phi) is 5.47. The number of ether oxygens (including phenoxy) is 3. The molecule has 21 heavy (non-hydrogen) atoms. The molecular formula is C16H18BrNO3. The summed E-state index contributed by atoms with van der Waals surface area (Å²) < 4.78 is 17.5. The Morgan fingerprint density at radius 1 is 0.952 bits per heavy atom. The highest BCUT2D eigenvalue weighted by Gasteiger charge is 2.09. The summed E-state index contributed by atoms with van der Waals surface area (Å²) in [5.74, 6) is 2.13. The molecule has 0 aliphatic carbocycles. The summed E-state index contributed by atoms with van der Waals surface area (Å²) in [5.41, 5.74) is 7.60. The van der Waals surface area contributed by atoms with Gasteiger partial charge in [0, 0.05) is 16.6 Å². The molecule has 2 aromatic rings. The highest BCUT2D eigenvalue weighted by Crippen LogP contribution is 2.30. The largest absolute Gasteiger partial charge is 0.496 e. The van der Waals surface area contributed by atoms with Crippen molar-refractivity contribution in [3.63, 3.8) is 0 Å². The second-order valence-electron chi connectivity index (χ2n) is 4.43. The molecule has 0 heterocycles. The van der Waals surface area contributed by atoms with Gasteiger partial charge in [-0.05, 0) is 35.9 Å². The highest BCUT2D eigenvalue weighted by atomic mass is 79.9. The third-order valence-electron chi connectivity index (χ3n) is 3.09. The molecule has 0 saturated carbocycles. The van der Waals surface area contributed by atoms with Crippen molar-refractivity contribution in [2.24, 2.45) is 5.73 Å². The second kappa shape index (κ2) is 7.33. The average Bonchev–Trinajstić information content (AvgIpc) is 2.52. The fraction of sp³-hybridized carbons (Fsp3) is 0.250. The molecule has 2 aromatic carbocycles. The second-order valence-corrected chi connectivity index (χ2v) is 5.35. The number of benzene rings is 2. The van der Waals surface area contributed by atoms with Gasteiger partial charge in [0.1, 0.15) is 12.4 Å². The van der Waals surface area contributed by atoms with E-state index in [0.29, 0.717) is 24.7 Å². The van der Waals surface area contributed by atoms with Crippen molar-refractivity contribution in [2.75, 3.05) is 14.2 Å². The van der Waals surface area contributed by atoms with E-state index in [0.717, 1.165) is 21.3 Å². The zero-order chi connectivity index (χ0) is 15.2. The van der Waals surface area contributed by atoms with Crippen LogP contribution in [0.1, 0.15) is 11.1 Å². The molecule has 0 saturated heterocycles. The summed E-state index contributed by atoms with van der Waals surface area (Å²) in [5, 5.41) is 0. The van der Waals surface area contributed by atoms with Crippen molar-refractivity contribution in [3.8, 4) is 17.2 Å². The van der Waals surface area contributed by atoms with Gasteiger partial charge < -0.3 is 19.9 Å². The van der Waals surface area contributed by atoms with Crippen LogP contribution >= 0.6 is 15.9 Å². The monoisotopic (exact) mass is 351 g/mol. The summed E-state index contributed by atoms with van der Waals surface area (Å²) in [7, 11) is 3.26. The van der Waals surface area contributed by atoms with Gasteiger partial charge in [0.25, 0.3) is 0 Å². The van der Waals surface area contributed by atoms with E-state index < -0.39 is 0 Å². The zero-order valence-electron chi connectivity index (χ0n) is 12.1. The molecule has 0 radical (unpaired) electrons. The van der Waals surface area contributed by atoms with Crippen LogP contribution in [-0.4, -0.2) is 14.2 Å². The predicted molar refractivity (Wildman–Crippen MR) is 85.9 cm³/mol. The molecule has 2 rings (SSSR count). The Morgan fingerprint density at radius 2 is 1.67 bits per heavy atom. The lowest BCUT2D eigenvalue weighted by Crippen LogP contribution is -2.02. The maximum Gasteiger partial charge on any atom is 0.161 e. The number of hydrogen-bond acceptors (Lipinski definition) is 4. The summed E-state index contributed by atoms with van der Waals surface area (Å²) in [6, 6.07) is 11.5. The molecule has 0 spiro atoms. The van der Waals surface area contributed by atoms with Gasteiger partial charge in [0.2, 0.25) is 0 Å². The molecule has 0 amide bonds. The van der Waals surface area contributed by atoms with E-state index in [-0.39, 0.29) is 0 Å². The van der Waals surface area contributed by atoms with Gasteiger partial charge in [-0.15, -0.1) is 0 Å². The third kappa shape index (κ3) is 3.89. The van der Waals surface area contributed by atoms with Crippen molar-refractivity contribution < 1.29 is 14.2 Å². The van der Waals surface area contributed by atoms with Gasteiger partial charge in [-0.3, -0.25) is 0 Å². The van der Waals surface area contributed by atoms with Gasteiger partial charge in [0.15, 0.2) is 11.5 Å². The van der Waals surface area contributed by atoms with Crippen molar-refractivity contribution >= 4 is 15.9 Å². The van der Waals surface area contributed by atoms with Crippen LogP contribution in [-0.2, 0) is 13.2 Å². The van der Waals surface area contributed by atoms with Gasteiger partial charge in [-0.1, -0.05) is 22.0 Å². The van der Waals surface area contributed by atoms with E-state index in [2.05, 4.69) is 15.9 Å². The van der Waals surface area contributed by atoms with Gasteiger partial charge in [0.05, 0.1) is 14.2 Å². The fourth-order valence-electron chi connectivity index (χ4n) is 1.98. The van der Waals surface area contributed by atoms with Crippen LogP contribution < -0.4 is 19.9 Å². The Labute approximate surface area is 132 Å². The minimum Gasteiger partial charge on any atom is -0.496 e. The summed E-state index contributed by atoms with van der Waals surface area (Å²) in [6.45, 7) is 0.841. The first kappa shape index (κ1) is 15.7. The topological polar surface area (TPSA) is 53.7 Å². The molecule has 0 aliphatic heterocycles. The number of halogens is 1. The summed E-state index contributed by atoms with van der Waals surface area (Å²) in [4.78, 5) is 0. The highest BCUT2D eigenvalue weighted by molar-refractivity contribution is 9.10. The van der Waals surface area contributed by atoms with Crippen LogP contribution in [0.3, 0.4) is 0 Å². The first-order valence-corrected chi connectivity index (χ1v) is 7.29. The smallest absolute Gasteiger partial charge is 0.161 e. The molecule has 112 valence electrons. The van der Waals surface area contributed by atoms with E-state index in [1.165, 1.54) is 0 Å². The molecule has 0 aromatic heterocycles. The molecule has 0 unspecified atom stereocenters. The van der Waals surface area contributed by atoms with Crippen LogP contribution in [0.25, 0.3) is 0 Å². The quantitative estimate of drug-likeness (QED) is 0.865. The number of rotatable bonds is 6. The van der Waals surface area contributed by atoms with Crippen molar-refractivity contribution in [2.45, 2.75) is 13.2 Å². The normalized spacial score (nSPS) is 10.3. The van der Waals surface area contributed by atoms with Crippen molar-refractivity contribution in [1.82, 2.24) is 0 Å². The van der Waals surface area contributed by atoms with Gasteiger partial charge in [-0.2, -0.15) is 0 Å². The van der Waals surface area contributed by atoms with Gasteiger partial charge >= 0.3 is 0 Å². The molecule has 5 heteroatoms.